The monoisotopic (exact) mass is 771 g/mol. The number of nitrogens with zero attached hydrogens (tertiary/aromatic N) is 2. The Kier molecular flexibility index (Phi) is 19.2. The fraction of sp³-hybridized carbons (Fsp3) is 0.703. The number of nitrogens with one attached hydrogen (secondary N) is 2. The molecule has 15 heteroatoms. The van der Waals surface area contributed by atoms with Crippen molar-refractivity contribution in [2.75, 3.05) is 13.6 Å². The van der Waals surface area contributed by atoms with Crippen molar-refractivity contribution in [2.45, 2.75) is 139 Å². The van der Waals surface area contributed by atoms with Crippen LogP contribution in [0.25, 0.3) is 0 Å². The first-order chi connectivity index (χ1) is 24.5. The summed E-state index contributed by atoms with van der Waals surface area (Å²) in [5, 5.41) is 35.5. The number of aliphatic hydroxyl groups is 1. The molecule has 294 valence electrons. The third-order valence-electron chi connectivity index (χ3n) is 9.78. The number of aliphatic carboxylic acids is 1. The van der Waals surface area contributed by atoms with E-state index in [1.807, 2.05) is 20.8 Å². The quantitative estimate of drug-likeness (QED) is 0.0750. The Morgan fingerprint density at radius 2 is 1.62 bits per heavy atom. The Labute approximate surface area is 317 Å². The lowest BCUT2D eigenvalue weighted by atomic mass is 9.94. The molecule has 0 radical (unpaired) electrons. The molecule has 7 atom stereocenters. The van der Waals surface area contributed by atoms with Gasteiger partial charge in [0.05, 0.1) is 0 Å². The number of benzene rings is 1. The smallest absolute Gasteiger partial charge is 0.326 e. The van der Waals surface area contributed by atoms with E-state index in [0.29, 0.717) is 44.1 Å². The fourth-order valence-electron chi connectivity index (χ4n) is 6.38. The van der Waals surface area contributed by atoms with Crippen LogP contribution in [0.2, 0.25) is 0 Å². The highest BCUT2D eigenvalue weighted by Gasteiger charge is 2.42. The number of amides is 4. The predicted molar refractivity (Wildman–Crippen MR) is 201 cm³/mol. The number of carbonyl (C=O) groups is 5. The van der Waals surface area contributed by atoms with Gasteiger partial charge in [-0.25, -0.2) is 4.79 Å². The number of unbranched alkanes of at least 4 members (excludes halogenated alkanes) is 3. The molecule has 1 aromatic carbocycles. The molecule has 0 aromatic heterocycles. The van der Waals surface area contributed by atoms with Gasteiger partial charge >= 0.3 is 5.97 Å². The molecule has 2 rings (SSSR count). The molecule has 1 fully saturated rings. The van der Waals surface area contributed by atoms with E-state index in [2.05, 4.69) is 10.6 Å². The van der Waals surface area contributed by atoms with Crippen LogP contribution >= 0.6 is 23.2 Å². The van der Waals surface area contributed by atoms with Crippen LogP contribution < -0.4 is 16.4 Å². The predicted octanol–water partition coefficient (Wildman–Crippen LogP) is 3.73. The lowest BCUT2D eigenvalue weighted by Gasteiger charge is -2.37. The third-order valence-corrected chi connectivity index (χ3v) is 10.2. The molecule has 7 N–H and O–H groups in total. The minimum absolute atomic E-state index is 0.0245. The molecular formula is C37H59Cl2N5O8. The van der Waals surface area contributed by atoms with Crippen molar-refractivity contribution in [1.82, 2.24) is 20.4 Å². The van der Waals surface area contributed by atoms with Crippen LogP contribution in [0.1, 0.15) is 97.5 Å². The number of aliphatic hydroxyl groups excluding tert-OH is 1. The summed E-state index contributed by atoms with van der Waals surface area (Å²) in [5.74, 6) is -3.93. The zero-order valence-corrected chi connectivity index (χ0v) is 32.6. The summed E-state index contributed by atoms with van der Waals surface area (Å²) in [7, 11) is 1.50. The molecule has 0 saturated carbocycles. The lowest BCUT2D eigenvalue weighted by Crippen LogP contribution is -2.60. The molecule has 0 aliphatic carbocycles. The van der Waals surface area contributed by atoms with Crippen molar-refractivity contribution in [3.05, 3.63) is 29.8 Å². The highest BCUT2D eigenvalue weighted by Crippen LogP contribution is 2.24. The van der Waals surface area contributed by atoms with E-state index >= 15 is 0 Å². The zero-order chi connectivity index (χ0) is 39.1. The Morgan fingerprint density at radius 3 is 2.17 bits per heavy atom. The normalized spacial score (nSPS) is 18.0. The van der Waals surface area contributed by atoms with Crippen molar-refractivity contribution < 1.29 is 39.3 Å². The Hall–Kier alpha value is -3.13. The number of carboxylic acids is 1. The van der Waals surface area contributed by atoms with Gasteiger partial charge in [0.1, 0.15) is 40.9 Å². The molecule has 0 unspecified atom stereocenters. The van der Waals surface area contributed by atoms with E-state index in [1.54, 1.807) is 19.1 Å². The van der Waals surface area contributed by atoms with E-state index in [9.17, 15) is 39.3 Å². The summed E-state index contributed by atoms with van der Waals surface area (Å²) in [4.78, 5) is 69.5. The van der Waals surface area contributed by atoms with Gasteiger partial charge in [0.2, 0.25) is 17.7 Å². The topological polar surface area (TPSA) is 203 Å². The maximum atomic E-state index is 14.2. The van der Waals surface area contributed by atoms with Gasteiger partial charge in [-0.2, -0.15) is 0 Å². The summed E-state index contributed by atoms with van der Waals surface area (Å²) in [6.45, 7) is 7.73. The molecule has 1 aliphatic rings. The Morgan fingerprint density at radius 1 is 1.00 bits per heavy atom. The molecule has 1 heterocycles. The first-order valence-corrected chi connectivity index (χ1v) is 19.3. The number of halogens is 2. The van der Waals surface area contributed by atoms with Crippen molar-refractivity contribution >= 4 is 52.8 Å². The fourth-order valence-corrected chi connectivity index (χ4v) is 6.69. The standard InChI is InChI=1S/C37H59Cl2N5O8/c1-6-23(4)31(42-34(48)32(46)26(40)12-9-7-8-10-14-30(38)39)36(50)43(5)29(20-22(2)3)35(49)44-19-11-13-28(44)33(47)41-27(37(51)52)21-24-15-17-25(45)18-16-24/h15-18,22-23,26-32,45-46H,6-14,19-21,40H2,1-5H3,(H,41,47)(H,42,48)(H,51,52)/t23-,26+,27+,28-,29-,31-,32+/m0/s1. The van der Waals surface area contributed by atoms with E-state index in [1.165, 1.54) is 29.0 Å². The number of phenolic OH excluding ortho intramolecular Hbond substituents is 1. The number of hydrogen-bond donors (Lipinski definition) is 6. The largest absolute Gasteiger partial charge is 0.508 e. The average Bonchev–Trinajstić information content (AvgIpc) is 3.60. The van der Waals surface area contributed by atoms with Crippen LogP contribution in [-0.4, -0.2) is 109 Å². The maximum absolute atomic E-state index is 14.2. The number of likely N-dealkylation sites (N-methyl/N-ethyl adjacent to an activating group) is 1. The van der Waals surface area contributed by atoms with Crippen LogP contribution in [0.5, 0.6) is 5.75 Å². The van der Waals surface area contributed by atoms with Gasteiger partial charge in [0.25, 0.3) is 5.91 Å². The molecule has 4 amide bonds. The van der Waals surface area contributed by atoms with Crippen LogP contribution in [0, 0.1) is 11.8 Å². The number of carboxylic acid groups (broad SMARTS) is 1. The Balaban J connectivity index is 2.17. The van der Waals surface area contributed by atoms with Gasteiger partial charge in [-0.05, 0) is 61.6 Å². The first-order valence-electron chi connectivity index (χ1n) is 18.4. The van der Waals surface area contributed by atoms with Crippen molar-refractivity contribution in [3.8, 4) is 5.75 Å². The highest BCUT2D eigenvalue weighted by molar-refractivity contribution is 6.44. The molecule has 13 nitrogen and oxygen atoms in total. The minimum Gasteiger partial charge on any atom is -0.508 e. The van der Waals surface area contributed by atoms with Crippen LogP contribution in [0.3, 0.4) is 0 Å². The minimum atomic E-state index is -1.54. The van der Waals surface area contributed by atoms with Gasteiger partial charge in [0.15, 0.2) is 0 Å². The van der Waals surface area contributed by atoms with E-state index < -0.39 is 70.7 Å². The average molecular weight is 773 g/mol. The van der Waals surface area contributed by atoms with Crippen molar-refractivity contribution in [1.29, 1.82) is 0 Å². The lowest BCUT2D eigenvalue weighted by molar-refractivity contribution is -0.150. The van der Waals surface area contributed by atoms with E-state index in [4.69, 9.17) is 28.9 Å². The second-order valence-electron chi connectivity index (χ2n) is 14.4. The number of hydrogen-bond acceptors (Lipinski definition) is 8. The summed E-state index contributed by atoms with van der Waals surface area (Å²) in [5.41, 5.74) is 6.77. The zero-order valence-electron chi connectivity index (χ0n) is 31.1. The van der Waals surface area contributed by atoms with E-state index in [-0.39, 0.29) is 37.0 Å². The van der Waals surface area contributed by atoms with Crippen LogP contribution in [0.4, 0.5) is 0 Å². The number of likely N-dealkylation sites (tertiary alicyclic amines) is 1. The Bertz CT molecular complexity index is 1320. The summed E-state index contributed by atoms with van der Waals surface area (Å²) in [6, 6.07) is 0.923. The van der Waals surface area contributed by atoms with Crippen LogP contribution in [-0.2, 0) is 30.4 Å². The molecular weight excluding hydrogens is 713 g/mol. The summed E-state index contributed by atoms with van der Waals surface area (Å²) >= 11 is 11.5. The molecule has 1 saturated heterocycles. The van der Waals surface area contributed by atoms with Gasteiger partial charge in [-0.3, -0.25) is 19.2 Å². The number of carbonyl (C=O) groups excluding carboxylic acids is 4. The van der Waals surface area contributed by atoms with Crippen molar-refractivity contribution in [2.24, 2.45) is 17.6 Å². The highest BCUT2D eigenvalue weighted by atomic mass is 35.5. The number of nitrogens with two attached hydrogens (primary N) is 1. The number of phenols is 1. The van der Waals surface area contributed by atoms with Gasteiger partial charge < -0.3 is 41.5 Å². The molecule has 0 bridgehead atoms. The van der Waals surface area contributed by atoms with Gasteiger partial charge in [0, 0.05) is 26.1 Å². The third kappa shape index (κ3) is 14.0. The molecule has 1 aromatic rings. The van der Waals surface area contributed by atoms with Crippen molar-refractivity contribution in [3.63, 3.8) is 0 Å². The maximum Gasteiger partial charge on any atom is 0.326 e. The SMILES string of the molecule is CC[C@H](C)[C@H](NC(=O)[C@H](O)[C@H](N)CCCCCCC(Cl)Cl)C(=O)N(C)[C@@H](CC(C)C)C(=O)N1CCC[C@H]1C(=O)N[C@H](Cc1ccc(O)cc1)C(=O)O. The van der Waals surface area contributed by atoms with Gasteiger partial charge in [-0.1, -0.05) is 71.9 Å². The molecule has 1 aliphatic heterocycles. The number of rotatable bonds is 22. The second-order valence-corrected chi connectivity index (χ2v) is 15.7. The number of alkyl halides is 2. The number of aromatic hydroxyl groups is 1. The van der Waals surface area contributed by atoms with E-state index in [0.717, 1.165) is 19.3 Å². The molecule has 0 spiro atoms. The first kappa shape index (κ1) is 45.0. The van der Waals surface area contributed by atoms with Crippen LogP contribution in [0.15, 0.2) is 24.3 Å². The summed E-state index contributed by atoms with van der Waals surface area (Å²) < 4.78 is 0. The molecule has 52 heavy (non-hydrogen) atoms. The van der Waals surface area contributed by atoms with Gasteiger partial charge in [-0.15, -0.1) is 23.2 Å². The summed E-state index contributed by atoms with van der Waals surface area (Å²) in [6.07, 6.45) is 4.44. The second kappa shape index (κ2) is 22.2.